The van der Waals surface area contributed by atoms with Gasteiger partial charge in [0, 0.05) is 12.1 Å². The van der Waals surface area contributed by atoms with Crippen molar-refractivity contribution in [1.29, 1.82) is 0 Å². The third kappa shape index (κ3) is 4.42. The summed E-state index contributed by atoms with van der Waals surface area (Å²) in [5.74, 6) is -1.47. The number of carbonyl (C=O) groups excluding carboxylic acids is 1. The molecule has 0 spiro atoms. The third-order valence-electron chi connectivity index (χ3n) is 3.78. The van der Waals surface area contributed by atoms with E-state index < -0.39 is 11.5 Å². The van der Waals surface area contributed by atoms with Gasteiger partial charge in [-0.2, -0.15) is 0 Å². The number of halogens is 2. The van der Waals surface area contributed by atoms with Gasteiger partial charge in [0.25, 0.3) is 5.56 Å². The molecular formula is C20H15F2NO3. The molecule has 0 fully saturated rings. The highest BCUT2D eigenvalue weighted by Crippen LogP contribution is 2.09. The van der Waals surface area contributed by atoms with Crippen LogP contribution in [0.2, 0.25) is 0 Å². The van der Waals surface area contributed by atoms with E-state index in [4.69, 9.17) is 4.74 Å². The number of carbonyl (C=O) groups is 1. The predicted molar refractivity (Wildman–Crippen MR) is 91.8 cm³/mol. The zero-order valence-electron chi connectivity index (χ0n) is 13.7. The first-order chi connectivity index (χ1) is 12.5. The molecule has 0 aliphatic heterocycles. The SMILES string of the molecule is O=C(OCc1ccc(F)cc1)c1ccc(Cc2ccc(F)cc2)[nH]c1=O. The maximum absolute atomic E-state index is 12.9. The van der Waals surface area contributed by atoms with Crippen molar-refractivity contribution in [3.05, 3.63) is 105 Å². The largest absolute Gasteiger partial charge is 0.457 e. The molecule has 1 aromatic heterocycles. The molecule has 0 saturated heterocycles. The van der Waals surface area contributed by atoms with Gasteiger partial charge in [-0.1, -0.05) is 24.3 Å². The molecule has 6 heteroatoms. The van der Waals surface area contributed by atoms with E-state index in [1.807, 2.05) is 0 Å². The Balaban J connectivity index is 1.66. The summed E-state index contributed by atoms with van der Waals surface area (Å²) in [6.45, 7) is -0.0596. The molecule has 3 rings (SSSR count). The van der Waals surface area contributed by atoms with Gasteiger partial charge in [0.15, 0.2) is 0 Å². The van der Waals surface area contributed by atoms with Crippen molar-refractivity contribution in [3.63, 3.8) is 0 Å². The number of rotatable bonds is 5. The van der Waals surface area contributed by atoms with E-state index in [9.17, 15) is 18.4 Å². The number of aromatic amines is 1. The summed E-state index contributed by atoms with van der Waals surface area (Å²) in [5, 5.41) is 0. The molecular weight excluding hydrogens is 340 g/mol. The van der Waals surface area contributed by atoms with Crippen LogP contribution < -0.4 is 5.56 Å². The topological polar surface area (TPSA) is 59.2 Å². The van der Waals surface area contributed by atoms with Crippen LogP contribution in [-0.4, -0.2) is 11.0 Å². The summed E-state index contributed by atoms with van der Waals surface area (Å²) >= 11 is 0. The van der Waals surface area contributed by atoms with Crippen LogP contribution in [0.15, 0.2) is 65.5 Å². The minimum absolute atomic E-state index is 0.0596. The van der Waals surface area contributed by atoms with Gasteiger partial charge in [0.2, 0.25) is 0 Å². The number of hydrogen-bond donors (Lipinski definition) is 1. The van der Waals surface area contributed by atoms with E-state index in [-0.39, 0.29) is 23.8 Å². The van der Waals surface area contributed by atoms with Crippen molar-refractivity contribution in [2.45, 2.75) is 13.0 Å². The average molecular weight is 355 g/mol. The molecule has 0 aliphatic carbocycles. The van der Waals surface area contributed by atoms with Crippen LogP contribution in [0.1, 0.15) is 27.2 Å². The Bertz CT molecular complexity index is 964. The lowest BCUT2D eigenvalue weighted by Crippen LogP contribution is -2.20. The highest BCUT2D eigenvalue weighted by atomic mass is 19.1. The first-order valence-electron chi connectivity index (χ1n) is 7.89. The second-order valence-electron chi connectivity index (χ2n) is 5.73. The van der Waals surface area contributed by atoms with E-state index in [1.165, 1.54) is 42.5 Å². The van der Waals surface area contributed by atoms with Gasteiger partial charge < -0.3 is 9.72 Å². The molecule has 2 aromatic carbocycles. The normalized spacial score (nSPS) is 10.5. The van der Waals surface area contributed by atoms with Crippen LogP contribution in [0.25, 0.3) is 0 Å². The van der Waals surface area contributed by atoms with E-state index in [2.05, 4.69) is 4.98 Å². The molecule has 0 bridgehead atoms. The maximum Gasteiger partial charge on any atom is 0.344 e. The maximum atomic E-state index is 12.9. The number of H-pyrrole nitrogens is 1. The van der Waals surface area contributed by atoms with Crippen LogP contribution in [0.5, 0.6) is 0 Å². The van der Waals surface area contributed by atoms with Gasteiger partial charge in [0.05, 0.1) is 0 Å². The Kier molecular flexibility index (Phi) is 5.22. The molecule has 26 heavy (non-hydrogen) atoms. The summed E-state index contributed by atoms with van der Waals surface area (Å²) in [6.07, 6.45) is 0.403. The average Bonchev–Trinajstić information content (AvgIpc) is 2.63. The Morgan fingerprint density at radius 2 is 1.42 bits per heavy atom. The predicted octanol–water partition coefficient (Wildman–Crippen LogP) is 3.60. The fourth-order valence-corrected chi connectivity index (χ4v) is 2.41. The Morgan fingerprint density at radius 3 is 2.00 bits per heavy atom. The summed E-state index contributed by atoms with van der Waals surface area (Å²) in [6, 6.07) is 14.5. The van der Waals surface area contributed by atoms with E-state index in [0.717, 1.165) is 5.56 Å². The van der Waals surface area contributed by atoms with E-state index in [1.54, 1.807) is 18.2 Å². The van der Waals surface area contributed by atoms with Gasteiger partial charge in [-0.3, -0.25) is 4.79 Å². The summed E-state index contributed by atoms with van der Waals surface area (Å²) in [7, 11) is 0. The van der Waals surface area contributed by atoms with Crippen LogP contribution in [0.4, 0.5) is 8.78 Å². The van der Waals surface area contributed by atoms with Crippen molar-refractivity contribution in [1.82, 2.24) is 4.98 Å². The second-order valence-corrected chi connectivity index (χ2v) is 5.73. The Morgan fingerprint density at radius 1 is 0.846 bits per heavy atom. The number of hydrogen-bond acceptors (Lipinski definition) is 3. The number of nitrogens with one attached hydrogen (secondary N) is 1. The number of aromatic nitrogens is 1. The minimum atomic E-state index is -0.760. The highest BCUT2D eigenvalue weighted by Gasteiger charge is 2.13. The summed E-state index contributed by atoms with van der Waals surface area (Å²) in [4.78, 5) is 26.8. The van der Waals surface area contributed by atoms with Crippen LogP contribution in [-0.2, 0) is 17.8 Å². The van der Waals surface area contributed by atoms with Gasteiger partial charge in [0.1, 0.15) is 23.8 Å². The highest BCUT2D eigenvalue weighted by molar-refractivity contribution is 5.88. The summed E-state index contributed by atoms with van der Waals surface area (Å²) in [5.41, 5.74) is 1.36. The van der Waals surface area contributed by atoms with Crippen molar-refractivity contribution >= 4 is 5.97 Å². The van der Waals surface area contributed by atoms with Crippen molar-refractivity contribution in [2.75, 3.05) is 0 Å². The quantitative estimate of drug-likeness (QED) is 0.712. The smallest absolute Gasteiger partial charge is 0.344 e. The first kappa shape index (κ1) is 17.5. The fourth-order valence-electron chi connectivity index (χ4n) is 2.41. The molecule has 1 heterocycles. The Hall–Kier alpha value is -3.28. The molecule has 1 N–H and O–H groups in total. The van der Waals surface area contributed by atoms with Crippen molar-refractivity contribution in [3.8, 4) is 0 Å². The van der Waals surface area contributed by atoms with Gasteiger partial charge >= 0.3 is 5.97 Å². The fraction of sp³-hybridized carbons (Fsp3) is 0.100. The number of esters is 1. The van der Waals surface area contributed by atoms with Crippen molar-refractivity contribution < 1.29 is 18.3 Å². The molecule has 3 aromatic rings. The van der Waals surface area contributed by atoms with Crippen LogP contribution in [0.3, 0.4) is 0 Å². The molecule has 0 saturated carbocycles. The second kappa shape index (κ2) is 7.74. The van der Waals surface area contributed by atoms with Gasteiger partial charge in [-0.25, -0.2) is 13.6 Å². The minimum Gasteiger partial charge on any atom is -0.457 e. The standard InChI is InChI=1S/C20H15F2NO3/c21-15-5-1-13(2-6-15)11-17-9-10-18(19(24)23-17)20(25)26-12-14-3-7-16(22)8-4-14/h1-10H,11-12H2,(H,23,24). The zero-order chi connectivity index (χ0) is 18.5. The molecule has 4 nitrogen and oxygen atoms in total. The molecule has 0 radical (unpaired) electrons. The van der Waals surface area contributed by atoms with E-state index in [0.29, 0.717) is 17.7 Å². The van der Waals surface area contributed by atoms with Crippen molar-refractivity contribution in [2.24, 2.45) is 0 Å². The number of benzene rings is 2. The number of ether oxygens (including phenoxy) is 1. The van der Waals surface area contributed by atoms with Crippen LogP contribution in [0, 0.1) is 11.6 Å². The number of pyridine rings is 1. The first-order valence-corrected chi connectivity index (χ1v) is 7.89. The molecule has 0 unspecified atom stereocenters. The monoisotopic (exact) mass is 355 g/mol. The lowest BCUT2D eigenvalue weighted by molar-refractivity contribution is 0.0470. The third-order valence-corrected chi connectivity index (χ3v) is 3.78. The molecule has 0 amide bonds. The molecule has 0 atom stereocenters. The zero-order valence-corrected chi connectivity index (χ0v) is 13.7. The molecule has 132 valence electrons. The van der Waals surface area contributed by atoms with Crippen LogP contribution >= 0.6 is 0 Å². The van der Waals surface area contributed by atoms with E-state index >= 15 is 0 Å². The van der Waals surface area contributed by atoms with Gasteiger partial charge in [-0.15, -0.1) is 0 Å². The lowest BCUT2D eigenvalue weighted by Gasteiger charge is -2.06. The van der Waals surface area contributed by atoms with Gasteiger partial charge in [-0.05, 0) is 47.5 Å². The Labute approximate surface area is 148 Å². The lowest BCUT2D eigenvalue weighted by atomic mass is 10.1. The molecule has 0 aliphatic rings. The summed E-state index contributed by atoms with van der Waals surface area (Å²) < 4.78 is 30.8.